The Kier molecular flexibility index (Phi) is 3.76. The molecule has 0 aliphatic heterocycles. The van der Waals surface area contributed by atoms with Gasteiger partial charge >= 0.3 is 0 Å². The molecule has 0 saturated heterocycles. The van der Waals surface area contributed by atoms with E-state index in [9.17, 15) is 0 Å². The largest absolute Gasteiger partial charge is 0.383 e. The number of nitrogen functional groups attached to an aromatic ring is 1. The minimum absolute atomic E-state index is 0.760. The highest BCUT2D eigenvalue weighted by Crippen LogP contribution is 2.29. The van der Waals surface area contributed by atoms with Gasteiger partial charge in [-0.1, -0.05) is 28.9 Å². The monoisotopic (exact) mass is 307 g/mol. The molecular weight excluding hydrogens is 290 g/mol. The number of aryl methyl sites for hydroxylation is 2. The predicted molar refractivity (Wildman–Crippen MR) is 79.5 cm³/mol. The van der Waals surface area contributed by atoms with Crippen molar-refractivity contribution in [2.24, 2.45) is 0 Å². The number of hydrogen-bond acceptors (Lipinski definition) is 2. The minimum Gasteiger partial charge on any atom is -0.383 e. The molecule has 0 spiro atoms. The topological polar surface area (TPSA) is 43.8 Å². The van der Waals surface area contributed by atoms with E-state index in [1.54, 1.807) is 0 Å². The van der Waals surface area contributed by atoms with Gasteiger partial charge in [-0.15, -0.1) is 0 Å². The van der Waals surface area contributed by atoms with Crippen LogP contribution in [0.2, 0.25) is 0 Å². The van der Waals surface area contributed by atoms with Crippen LogP contribution in [0.5, 0.6) is 0 Å². The average molecular weight is 308 g/mol. The van der Waals surface area contributed by atoms with Crippen molar-refractivity contribution in [1.29, 1.82) is 0 Å². The molecule has 0 saturated carbocycles. The summed E-state index contributed by atoms with van der Waals surface area (Å²) in [5, 5.41) is 0. The first-order valence-electron chi connectivity index (χ1n) is 6.13. The zero-order valence-electron chi connectivity index (χ0n) is 11.0. The normalized spacial score (nSPS) is 10.9. The second-order valence-corrected chi connectivity index (χ2v) is 5.36. The zero-order valence-corrected chi connectivity index (χ0v) is 12.6. The molecule has 0 atom stereocenters. The van der Waals surface area contributed by atoms with Gasteiger partial charge in [0, 0.05) is 16.6 Å². The molecule has 0 radical (unpaired) electrons. The van der Waals surface area contributed by atoms with Crippen LogP contribution in [0.1, 0.15) is 24.7 Å². The molecule has 0 aliphatic carbocycles. The Morgan fingerprint density at radius 2 is 2.06 bits per heavy atom. The minimum atomic E-state index is 0.760. The Labute approximate surface area is 116 Å². The maximum Gasteiger partial charge on any atom is 0.131 e. The summed E-state index contributed by atoms with van der Waals surface area (Å²) in [6.45, 7) is 7.13. The predicted octanol–water partition coefficient (Wildman–Crippen LogP) is 3.92. The molecule has 0 amide bonds. The highest BCUT2D eigenvalue weighted by Gasteiger charge is 2.13. The summed E-state index contributed by atoms with van der Waals surface area (Å²) >= 11 is 3.51. The summed E-state index contributed by atoms with van der Waals surface area (Å²) in [5.41, 5.74) is 9.35. The van der Waals surface area contributed by atoms with Gasteiger partial charge in [-0.05, 0) is 38.0 Å². The molecule has 1 aromatic heterocycles. The van der Waals surface area contributed by atoms with Crippen molar-refractivity contribution >= 4 is 21.7 Å². The smallest absolute Gasteiger partial charge is 0.131 e. The zero-order chi connectivity index (χ0) is 13.3. The van der Waals surface area contributed by atoms with Crippen molar-refractivity contribution in [3.63, 3.8) is 0 Å². The first-order valence-corrected chi connectivity index (χ1v) is 6.93. The number of imidazole rings is 1. The fraction of sp³-hybridized carbons (Fsp3) is 0.357. The molecule has 0 bridgehead atoms. The van der Waals surface area contributed by atoms with Gasteiger partial charge in [0.1, 0.15) is 17.3 Å². The van der Waals surface area contributed by atoms with Crippen molar-refractivity contribution < 1.29 is 0 Å². The molecular formula is C14H18BrN3. The van der Waals surface area contributed by atoms with Crippen LogP contribution in [0.15, 0.2) is 22.7 Å². The van der Waals surface area contributed by atoms with Crippen molar-refractivity contribution in [3.05, 3.63) is 34.1 Å². The lowest BCUT2D eigenvalue weighted by Crippen LogP contribution is -2.04. The molecule has 0 unspecified atom stereocenters. The summed E-state index contributed by atoms with van der Waals surface area (Å²) in [6, 6.07) is 6.20. The number of hydrogen-bond donors (Lipinski definition) is 1. The van der Waals surface area contributed by atoms with Crippen LogP contribution in [0.3, 0.4) is 0 Å². The van der Waals surface area contributed by atoms with Gasteiger partial charge in [-0.25, -0.2) is 4.98 Å². The Hall–Kier alpha value is -1.29. The van der Waals surface area contributed by atoms with E-state index in [2.05, 4.69) is 45.4 Å². The standard InChI is InChI=1S/C14H18BrN3/c1-4-7-18-10(3)17-13(14(18)16)11-5-6-12(15)9(2)8-11/h5-6,8H,4,7,16H2,1-3H3. The van der Waals surface area contributed by atoms with E-state index >= 15 is 0 Å². The molecule has 96 valence electrons. The molecule has 2 rings (SSSR count). The quantitative estimate of drug-likeness (QED) is 0.934. The molecule has 3 nitrogen and oxygen atoms in total. The summed E-state index contributed by atoms with van der Waals surface area (Å²) < 4.78 is 3.18. The number of nitrogens with two attached hydrogens (primary N) is 1. The SMILES string of the molecule is CCCn1c(C)nc(-c2ccc(Br)c(C)c2)c1N. The van der Waals surface area contributed by atoms with Crippen LogP contribution in [-0.4, -0.2) is 9.55 Å². The fourth-order valence-electron chi connectivity index (χ4n) is 2.09. The van der Waals surface area contributed by atoms with E-state index in [4.69, 9.17) is 5.73 Å². The van der Waals surface area contributed by atoms with E-state index in [-0.39, 0.29) is 0 Å². The van der Waals surface area contributed by atoms with Crippen molar-refractivity contribution in [1.82, 2.24) is 9.55 Å². The number of halogens is 1. The Morgan fingerprint density at radius 1 is 1.33 bits per heavy atom. The lowest BCUT2D eigenvalue weighted by Gasteiger charge is -2.06. The van der Waals surface area contributed by atoms with Crippen LogP contribution in [0.4, 0.5) is 5.82 Å². The van der Waals surface area contributed by atoms with E-state index < -0.39 is 0 Å². The van der Waals surface area contributed by atoms with Crippen molar-refractivity contribution in [3.8, 4) is 11.3 Å². The Bertz CT molecular complexity index is 573. The summed E-state index contributed by atoms with van der Waals surface area (Å²) in [7, 11) is 0. The summed E-state index contributed by atoms with van der Waals surface area (Å²) in [5.74, 6) is 1.74. The van der Waals surface area contributed by atoms with Crippen LogP contribution < -0.4 is 5.73 Å². The lowest BCUT2D eigenvalue weighted by molar-refractivity contribution is 0.665. The number of nitrogens with zero attached hydrogens (tertiary/aromatic N) is 2. The van der Waals surface area contributed by atoms with E-state index in [1.807, 2.05) is 19.1 Å². The van der Waals surface area contributed by atoms with Crippen LogP contribution >= 0.6 is 15.9 Å². The van der Waals surface area contributed by atoms with Crippen LogP contribution in [0.25, 0.3) is 11.3 Å². The van der Waals surface area contributed by atoms with Crippen LogP contribution in [-0.2, 0) is 6.54 Å². The highest BCUT2D eigenvalue weighted by molar-refractivity contribution is 9.10. The van der Waals surface area contributed by atoms with Gasteiger partial charge < -0.3 is 10.3 Å². The third kappa shape index (κ3) is 2.29. The lowest BCUT2D eigenvalue weighted by atomic mass is 10.1. The van der Waals surface area contributed by atoms with Crippen molar-refractivity contribution in [2.75, 3.05) is 5.73 Å². The molecule has 1 aromatic carbocycles. The Balaban J connectivity index is 2.50. The van der Waals surface area contributed by atoms with Crippen molar-refractivity contribution in [2.45, 2.75) is 33.7 Å². The van der Waals surface area contributed by atoms with E-state index in [0.29, 0.717) is 0 Å². The fourth-order valence-corrected chi connectivity index (χ4v) is 2.34. The highest BCUT2D eigenvalue weighted by atomic mass is 79.9. The average Bonchev–Trinajstić information content (AvgIpc) is 2.61. The number of rotatable bonds is 3. The van der Waals surface area contributed by atoms with Gasteiger partial charge in [0.15, 0.2) is 0 Å². The molecule has 2 N–H and O–H groups in total. The molecule has 0 aliphatic rings. The summed E-state index contributed by atoms with van der Waals surface area (Å²) in [6.07, 6.45) is 1.06. The molecule has 18 heavy (non-hydrogen) atoms. The van der Waals surface area contributed by atoms with Crippen LogP contribution in [0, 0.1) is 13.8 Å². The van der Waals surface area contributed by atoms with Gasteiger partial charge in [-0.2, -0.15) is 0 Å². The van der Waals surface area contributed by atoms with Gasteiger partial charge in [0.2, 0.25) is 0 Å². The van der Waals surface area contributed by atoms with E-state index in [1.165, 1.54) is 5.56 Å². The second kappa shape index (κ2) is 5.14. The molecule has 0 fully saturated rings. The van der Waals surface area contributed by atoms with Gasteiger partial charge in [0.05, 0.1) is 0 Å². The Morgan fingerprint density at radius 3 is 2.67 bits per heavy atom. The number of anilines is 1. The first kappa shape index (κ1) is 13.1. The number of aromatic nitrogens is 2. The maximum atomic E-state index is 6.20. The third-order valence-corrected chi connectivity index (χ3v) is 3.97. The van der Waals surface area contributed by atoms with Gasteiger partial charge in [0.25, 0.3) is 0 Å². The first-order chi connectivity index (χ1) is 8.54. The molecule has 2 aromatic rings. The van der Waals surface area contributed by atoms with E-state index in [0.717, 1.165) is 40.3 Å². The molecule has 4 heteroatoms. The third-order valence-electron chi connectivity index (χ3n) is 3.08. The second-order valence-electron chi connectivity index (χ2n) is 4.51. The molecule has 1 heterocycles. The maximum absolute atomic E-state index is 6.20. The number of benzene rings is 1. The summed E-state index contributed by atoms with van der Waals surface area (Å²) in [4.78, 5) is 4.59. The van der Waals surface area contributed by atoms with Gasteiger partial charge in [-0.3, -0.25) is 0 Å².